The number of carbonyl (C=O) groups is 1. The molecule has 0 aliphatic carbocycles. The number of carbonyl (C=O) groups excluding carboxylic acids is 1. The van der Waals surface area contributed by atoms with Gasteiger partial charge in [0.25, 0.3) is 0 Å². The molecule has 1 fully saturated rings. The van der Waals surface area contributed by atoms with Crippen LogP contribution in [0, 0.1) is 12.8 Å². The SMILES string of the molecule is [CH2]CC1OCCCC1C(=O)OC. The molecule has 0 N–H and O–H groups in total. The van der Waals surface area contributed by atoms with E-state index < -0.39 is 0 Å². The Morgan fingerprint density at radius 3 is 3.08 bits per heavy atom. The topological polar surface area (TPSA) is 35.5 Å². The van der Waals surface area contributed by atoms with Gasteiger partial charge >= 0.3 is 5.97 Å². The molecule has 2 atom stereocenters. The van der Waals surface area contributed by atoms with Crippen LogP contribution in [0.2, 0.25) is 0 Å². The van der Waals surface area contributed by atoms with Crippen LogP contribution in [0.25, 0.3) is 0 Å². The lowest BCUT2D eigenvalue weighted by atomic mass is 9.93. The molecule has 0 aromatic heterocycles. The standard InChI is InChI=1S/C9H15O3/c1-3-8-7(9(10)11-2)5-4-6-12-8/h7-8H,1,3-6H2,2H3. The summed E-state index contributed by atoms with van der Waals surface area (Å²) in [5, 5.41) is 0. The van der Waals surface area contributed by atoms with Crippen molar-refractivity contribution in [3.8, 4) is 0 Å². The van der Waals surface area contributed by atoms with E-state index in [-0.39, 0.29) is 18.0 Å². The van der Waals surface area contributed by atoms with Crippen LogP contribution in [0.4, 0.5) is 0 Å². The van der Waals surface area contributed by atoms with E-state index >= 15 is 0 Å². The highest BCUT2D eigenvalue weighted by Crippen LogP contribution is 2.23. The van der Waals surface area contributed by atoms with Gasteiger partial charge in [0.15, 0.2) is 0 Å². The van der Waals surface area contributed by atoms with Crippen LogP contribution in [0.3, 0.4) is 0 Å². The minimum absolute atomic E-state index is 0.0359. The van der Waals surface area contributed by atoms with Gasteiger partial charge in [-0.15, -0.1) is 0 Å². The molecule has 0 aromatic rings. The summed E-state index contributed by atoms with van der Waals surface area (Å²) in [5.74, 6) is -0.260. The molecule has 0 spiro atoms. The predicted octanol–water partition coefficient (Wildman–Crippen LogP) is 1.18. The molecule has 12 heavy (non-hydrogen) atoms. The van der Waals surface area contributed by atoms with Crippen LogP contribution >= 0.6 is 0 Å². The van der Waals surface area contributed by atoms with Crippen molar-refractivity contribution in [2.24, 2.45) is 5.92 Å². The average molecular weight is 171 g/mol. The van der Waals surface area contributed by atoms with Gasteiger partial charge in [0.1, 0.15) is 0 Å². The first kappa shape index (κ1) is 9.52. The summed E-state index contributed by atoms with van der Waals surface area (Å²) in [7, 11) is 1.41. The zero-order valence-corrected chi connectivity index (χ0v) is 7.41. The zero-order valence-electron chi connectivity index (χ0n) is 7.41. The van der Waals surface area contributed by atoms with Crippen molar-refractivity contribution in [1.82, 2.24) is 0 Å². The third-order valence-electron chi connectivity index (χ3n) is 2.23. The van der Waals surface area contributed by atoms with Crippen molar-refractivity contribution in [3.63, 3.8) is 0 Å². The van der Waals surface area contributed by atoms with Crippen LogP contribution in [-0.2, 0) is 14.3 Å². The van der Waals surface area contributed by atoms with Gasteiger partial charge in [0.2, 0.25) is 0 Å². The number of hydrogen-bond acceptors (Lipinski definition) is 3. The molecule has 3 nitrogen and oxygen atoms in total. The van der Waals surface area contributed by atoms with E-state index in [1.807, 2.05) is 0 Å². The van der Waals surface area contributed by atoms with Crippen molar-refractivity contribution in [3.05, 3.63) is 6.92 Å². The molecule has 0 aromatic carbocycles. The Hall–Kier alpha value is -0.570. The fourth-order valence-corrected chi connectivity index (χ4v) is 1.55. The smallest absolute Gasteiger partial charge is 0.311 e. The lowest BCUT2D eigenvalue weighted by molar-refractivity contribution is -0.154. The van der Waals surface area contributed by atoms with Gasteiger partial charge in [-0.1, -0.05) is 6.92 Å². The maximum absolute atomic E-state index is 11.2. The number of hydrogen-bond donors (Lipinski definition) is 0. The minimum Gasteiger partial charge on any atom is -0.469 e. The summed E-state index contributed by atoms with van der Waals surface area (Å²) in [4.78, 5) is 11.2. The fraction of sp³-hybridized carbons (Fsp3) is 0.778. The number of methoxy groups -OCH3 is 1. The van der Waals surface area contributed by atoms with E-state index in [1.165, 1.54) is 7.11 Å². The van der Waals surface area contributed by atoms with Gasteiger partial charge in [-0.05, 0) is 19.3 Å². The molecule has 69 valence electrons. The lowest BCUT2D eigenvalue weighted by Gasteiger charge is -2.28. The molecule has 1 aliphatic rings. The molecule has 0 saturated carbocycles. The first-order valence-electron chi connectivity index (χ1n) is 4.28. The maximum Gasteiger partial charge on any atom is 0.311 e. The third kappa shape index (κ3) is 1.97. The first-order valence-corrected chi connectivity index (χ1v) is 4.28. The molecule has 0 bridgehead atoms. The molecule has 2 unspecified atom stereocenters. The van der Waals surface area contributed by atoms with Crippen LogP contribution < -0.4 is 0 Å². The second-order valence-corrected chi connectivity index (χ2v) is 2.97. The van der Waals surface area contributed by atoms with Crippen molar-refractivity contribution in [2.45, 2.75) is 25.4 Å². The Morgan fingerprint density at radius 2 is 2.50 bits per heavy atom. The highest BCUT2D eigenvalue weighted by atomic mass is 16.5. The summed E-state index contributed by atoms with van der Waals surface area (Å²) in [6, 6.07) is 0. The molecule has 3 heteroatoms. The highest BCUT2D eigenvalue weighted by molar-refractivity contribution is 5.73. The predicted molar refractivity (Wildman–Crippen MR) is 44.5 cm³/mol. The highest BCUT2D eigenvalue weighted by Gasteiger charge is 2.31. The number of ether oxygens (including phenoxy) is 2. The van der Waals surface area contributed by atoms with Gasteiger partial charge in [0, 0.05) is 6.61 Å². The van der Waals surface area contributed by atoms with E-state index in [2.05, 4.69) is 11.7 Å². The average Bonchev–Trinajstić information content (AvgIpc) is 2.16. The molecule has 1 radical (unpaired) electrons. The van der Waals surface area contributed by atoms with E-state index in [9.17, 15) is 4.79 Å². The molecule has 1 aliphatic heterocycles. The van der Waals surface area contributed by atoms with E-state index in [0.29, 0.717) is 6.42 Å². The normalized spacial score (nSPS) is 29.8. The fourth-order valence-electron chi connectivity index (χ4n) is 1.55. The van der Waals surface area contributed by atoms with Crippen LogP contribution in [0.1, 0.15) is 19.3 Å². The largest absolute Gasteiger partial charge is 0.469 e. The van der Waals surface area contributed by atoms with Crippen molar-refractivity contribution < 1.29 is 14.3 Å². The second-order valence-electron chi connectivity index (χ2n) is 2.97. The molecule has 1 rings (SSSR count). The number of rotatable bonds is 2. The molecular weight excluding hydrogens is 156 g/mol. The first-order chi connectivity index (χ1) is 5.79. The summed E-state index contributed by atoms with van der Waals surface area (Å²) in [5.41, 5.74) is 0. The Balaban J connectivity index is 2.52. The van der Waals surface area contributed by atoms with Crippen LogP contribution in [-0.4, -0.2) is 25.8 Å². The van der Waals surface area contributed by atoms with Crippen LogP contribution in [0.5, 0.6) is 0 Å². The Labute approximate surface area is 73.0 Å². The van der Waals surface area contributed by atoms with Gasteiger partial charge < -0.3 is 9.47 Å². The molecule has 0 amide bonds. The summed E-state index contributed by atoms with van der Waals surface area (Å²) >= 11 is 0. The summed E-state index contributed by atoms with van der Waals surface area (Å²) in [6.45, 7) is 4.49. The zero-order chi connectivity index (χ0) is 8.97. The lowest BCUT2D eigenvalue weighted by Crippen LogP contribution is -2.35. The van der Waals surface area contributed by atoms with Crippen molar-refractivity contribution >= 4 is 5.97 Å². The molecule has 1 saturated heterocycles. The minimum atomic E-state index is -0.164. The Morgan fingerprint density at radius 1 is 1.75 bits per heavy atom. The van der Waals surface area contributed by atoms with Crippen molar-refractivity contribution in [2.75, 3.05) is 13.7 Å². The third-order valence-corrected chi connectivity index (χ3v) is 2.23. The van der Waals surface area contributed by atoms with Crippen molar-refractivity contribution in [1.29, 1.82) is 0 Å². The monoisotopic (exact) mass is 171 g/mol. The molecule has 1 heterocycles. The maximum atomic E-state index is 11.2. The summed E-state index contributed by atoms with van der Waals surface area (Å²) < 4.78 is 10.1. The Bertz CT molecular complexity index is 156. The Kier molecular flexibility index (Phi) is 3.53. The summed E-state index contributed by atoms with van der Waals surface area (Å²) in [6.07, 6.45) is 2.41. The van der Waals surface area contributed by atoms with Gasteiger partial charge in [-0.25, -0.2) is 0 Å². The van der Waals surface area contributed by atoms with Gasteiger partial charge in [-0.3, -0.25) is 4.79 Å². The van der Waals surface area contributed by atoms with E-state index in [0.717, 1.165) is 19.4 Å². The van der Waals surface area contributed by atoms with E-state index in [1.54, 1.807) is 0 Å². The van der Waals surface area contributed by atoms with Gasteiger partial charge in [0.05, 0.1) is 19.1 Å². The second kappa shape index (κ2) is 4.45. The number of esters is 1. The van der Waals surface area contributed by atoms with Crippen LogP contribution in [0.15, 0.2) is 0 Å². The van der Waals surface area contributed by atoms with E-state index in [4.69, 9.17) is 4.74 Å². The quantitative estimate of drug-likeness (QED) is 0.585. The molecular formula is C9H15O3. The van der Waals surface area contributed by atoms with Gasteiger partial charge in [-0.2, -0.15) is 0 Å².